The van der Waals surface area contributed by atoms with Gasteiger partial charge in [0, 0.05) is 19.5 Å². The van der Waals surface area contributed by atoms with Crippen LogP contribution >= 0.6 is 0 Å². The van der Waals surface area contributed by atoms with E-state index in [1.807, 2.05) is 0 Å². The maximum atomic E-state index is 12.4. The van der Waals surface area contributed by atoms with E-state index in [4.69, 9.17) is 5.11 Å². The summed E-state index contributed by atoms with van der Waals surface area (Å²) in [6.07, 6.45) is 1.33. The largest absolute Gasteiger partial charge is 0.481 e. The molecular weight excluding hydrogens is 326 g/mol. The second-order valence-corrected chi connectivity index (χ2v) is 6.29. The Kier molecular flexibility index (Phi) is 4.69. The van der Waals surface area contributed by atoms with Gasteiger partial charge in [0.05, 0.1) is 10.9 Å². The molecular formula is C17H19N3O5. The molecule has 1 aromatic carbocycles. The molecule has 1 aromatic heterocycles. The van der Waals surface area contributed by atoms with Crippen molar-refractivity contribution in [2.24, 2.45) is 5.92 Å². The lowest BCUT2D eigenvalue weighted by Gasteiger charge is -2.31. The van der Waals surface area contributed by atoms with Gasteiger partial charge in [0.15, 0.2) is 0 Å². The Labute approximate surface area is 142 Å². The highest BCUT2D eigenvalue weighted by Crippen LogP contribution is 2.20. The van der Waals surface area contributed by atoms with Gasteiger partial charge in [-0.25, -0.2) is 4.79 Å². The summed E-state index contributed by atoms with van der Waals surface area (Å²) in [6.45, 7) is 0.566. The number of rotatable bonds is 4. The Morgan fingerprint density at radius 3 is 2.52 bits per heavy atom. The zero-order chi connectivity index (χ0) is 18.0. The number of carbonyl (C=O) groups is 2. The molecule has 1 aliphatic heterocycles. The number of carboxylic acid groups (broad SMARTS) is 1. The van der Waals surface area contributed by atoms with Crippen LogP contribution in [0.5, 0.6) is 0 Å². The number of fused-ring (bicyclic) bond motifs is 1. The number of aromatic amines is 1. The van der Waals surface area contributed by atoms with E-state index in [1.54, 1.807) is 29.2 Å². The number of piperidine rings is 1. The summed E-state index contributed by atoms with van der Waals surface area (Å²) >= 11 is 0. The normalized spacial score (nSPS) is 15.4. The molecule has 0 saturated carbocycles. The highest BCUT2D eigenvalue weighted by molar-refractivity contribution is 5.79. The topological polar surface area (TPSA) is 112 Å². The van der Waals surface area contributed by atoms with Crippen LogP contribution in [-0.2, 0) is 16.1 Å². The summed E-state index contributed by atoms with van der Waals surface area (Å²) < 4.78 is 0.911. The number of aromatic nitrogens is 2. The first-order valence-corrected chi connectivity index (χ1v) is 8.17. The van der Waals surface area contributed by atoms with Crippen LogP contribution in [0, 0.1) is 5.92 Å². The molecule has 1 fully saturated rings. The van der Waals surface area contributed by atoms with Gasteiger partial charge in [-0.1, -0.05) is 12.1 Å². The molecule has 2 heterocycles. The number of hydrogen-bond acceptors (Lipinski definition) is 4. The van der Waals surface area contributed by atoms with Crippen LogP contribution in [0.2, 0.25) is 0 Å². The molecule has 1 aliphatic rings. The maximum absolute atomic E-state index is 12.4. The standard InChI is InChI=1S/C17H19N3O5/c21-14(19-7-5-11(6-8-19)9-15(22)23)10-20-16(24)12-3-1-2-4-13(12)18-17(20)25/h1-4,11H,5-10H2,(H,18,25)(H,22,23). The Bertz CT molecular complexity index is 922. The first-order valence-electron chi connectivity index (χ1n) is 8.17. The summed E-state index contributed by atoms with van der Waals surface area (Å²) in [5, 5.41) is 9.18. The molecule has 2 aromatic rings. The third-order valence-electron chi connectivity index (χ3n) is 4.61. The van der Waals surface area contributed by atoms with Crippen molar-refractivity contribution < 1.29 is 14.7 Å². The Balaban J connectivity index is 1.74. The first kappa shape index (κ1) is 16.9. The number of likely N-dealkylation sites (tertiary alicyclic amines) is 1. The summed E-state index contributed by atoms with van der Waals surface area (Å²) in [4.78, 5) is 51.9. The highest BCUT2D eigenvalue weighted by atomic mass is 16.4. The SMILES string of the molecule is O=C(O)CC1CCN(C(=O)Cn2c(=O)[nH]c3ccccc3c2=O)CC1. The van der Waals surface area contributed by atoms with Crippen LogP contribution in [0.1, 0.15) is 19.3 Å². The van der Waals surface area contributed by atoms with Gasteiger partial charge in [-0.3, -0.25) is 19.0 Å². The number of carboxylic acids is 1. The summed E-state index contributed by atoms with van der Waals surface area (Å²) in [5.74, 6) is -1.08. The lowest BCUT2D eigenvalue weighted by atomic mass is 9.93. The van der Waals surface area contributed by atoms with Gasteiger partial charge in [0.25, 0.3) is 5.56 Å². The second-order valence-electron chi connectivity index (χ2n) is 6.29. The van der Waals surface area contributed by atoms with Gasteiger partial charge in [-0.2, -0.15) is 0 Å². The van der Waals surface area contributed by atoms with Crippen LogP contribution in [0.25, 0.3) is 10.9 Å². The molecule has 0 atom stereocenters. The molecule has 8 heteroatoms. The molecule has 0 spiro atoms. The van der Waals surface area contributed by atoms with Crippen molar-refractivity contribution in [3.63, 3.8) is 0 Å². The third kappa shape index (κ3) is 3.62. The fraction of sp³-hybridized carbons (Fsp3) is 0.412. The molecule has 25 heavy (non-hydrogen) atoms. The lowest BCUT2D eigenvalue weighted by Crippen LogP contribution is -2.45. The Hall–Kier alpha value is -2.90. The van der Waals surface area contributed by atoms with E-state index in [-0.39, 0.29) is 24.8 Å². The monoisotopic (exact) mass is 345 g/mol. The number of nitrogens with one attached hydrogen (secondary N) is 1. The molecule has 0 radical (unpaired) electrons. The van der Waals surface area contributed by atoms with Gasteiger partial charge in [0.1, 0.15) is 6.54 Å². The molecule has 2 N–H and O–H groups in total. The van der Waals surface area contributed by atoms with Crippen molar-refractivity contribution in [1.82, 2.24) is 14.5 Å². The minimum Gasteiger partial charge on any atom is -0.481 e. The highest BCUT2D eigenvalue weighted by Gasteiger charge is 2.25. The van der Waals surface area contributed by atoms with E-state index >= 15 is 0 Å². The van der Waals surface area contributed by atoms with E-state index in [0.717, 1.165) is 4.57 Å². The quantitative estimate of drug-likeness (QED) is 0.833. The van der Waals surface area contributed by atoms with Gasteiger partial charge in [0.2, 0.25) is 5.91 Å². The number of nitrogens with zero attached hydrogens (tertiary/aromatic N) is 2. The molecule has 1 saturated heterocycles. The predicted molar refractivity (Wildman–Crippen MR) is 90.4 cm³/mol. The van der Waals surface area contributed by atoms with Crippen molar-refractivity contribution in [3.05, 3.63) is 45.1 Å². The molecule has 0 aliphatic carbocycles. The summed E-state index contributed by atoms with van der Waals surface area (Å²) in [6, 6.07) is 6.65. The van der Waals surface area contributed by atoms with Gasteiger partial charge < -0.3 is 15.0 Å². The smallest absolute Gasteiger partial charge is 0.329 e. The number of amides is 1. The summed E-state index contributed by atoms with van der Waals surface area (Å²) in [5.41, 5.74) is -0.665. The van der Waals surface area contributed by atoms with Crippen molar-refractivity contribution in [2.75, 3.05) is 13.1 Å². The van der Waals surface area contributed by atoms with Gasteiger partial charge in [-0.05, 0) is 30.9 Å². The third-order valence-corrected chi connectivity index (χ3v) is 4.61. The van der Waals surface area contributed by atoms with Crippen molar-refractivity contribution in [2.45, 2.75) is 25.8 Å². The van der Waals surface area contributed by atoms with Crippen LogP contribution in [0.3, 0.4) is 0 Å². The number of H-pyrrole nitrogens is 1. The van der Waals surface area contributed by atoms with Crippen LogP contribution in [0.4, 0.5) is 0 Å². The van der Waals surface area contributed by atoms with Crippen molar-refractivity contribution in [3.8, 4) is 0 Å². The van der Waals surface area contributed by atoms with Gasteiger partial charge >= 0.3 is 11.7 Å². The Morgan fingerprint density at radius 1 is 1.16 bits per heavy atom. The minimum absolute atomic E-state index is 0.0633. The van der Waals surface area contributed by atoms with E-state index < -0.39 is 17.2 Å². The van der Waals surface area contributed by atoms with Crippen molar-refractivity contribution >= 4 is 22.8 Å². The van der Waals surface area contributed by atoms with Crippen LogP contribution in [0.15, 0.2) is 33.9 Å². The molecule has 0 bridgehead atoms. The lowest BCUT2D eigenvalue weighted by molar-refractivity contribution is -0.138. The minimum atomic E-state index is -0.834. The van der Waals surface area contributed by atoms with Crippen molar-refractivity contribution in [1.29, 1.82) is 0 Å². The fourth-order valence-corrected chi connectivity index (χ4v) is 3.21. The molecule has 3 rings (SSSR count). The number of hydrogen-bond donors (Lipinski definition) is 2. The predicted octanol–water partition coefficient (Wildman–Crippen LogP) is 0.403. The summed E-state index contributed by atoms with van der Waals surface area (Å²) in [7, 11) is 0. The maximum Gasteiger partial charge on any atom is 0.329 e. The first-order chi connectivity index (χ1) is 12.0. The van der Waals surface area contributed by atoms with E-state index in [9.17, 15) is 19.2 Å². The van der Waals surface area contributed by atoms with E-state index in [0.29, 0.717) is 36.8 Å². The van der Waals surface area contributed by atoms with Crippen LogP contribution in [-0.4, -0.2) is 44.5 Å². The number of benzene rings is 1. The van der Waals surface area contributed by atoms with Gasteiger partial charge in [-0.15, -0.1) is 0 Å². The number of carbonyl (C=O) groups excluding carboxylic acids is 1. The fourth-order valence-electron chi connectivity index (χ4n) is 3.21. The van der Waals surface area contributed by atoms with Crippen LogP contribution < -0.4 is 11.2 Å². The zero-order valence-electron chi connectivity index (χ0n) is 13.6. The number of para-hydroxylation sites is 1. The molecule has 0 unspecified atom stereocenters. The second kappa shape index (κ2) is 6.92. The average Bonchev–Trinajstić information content (AvgIpc) is 2.58. The van der Waals surface area contributed by atoms with E-state index in [1.165, 1.54) is 0 Å². The average molecular weight is 345 g/mol. The molecule has 1 amide bonds. The number of aliphatic carboxylic acids is 1. The molecule has 8 nitrogen and oxygen atoms in total. The molecule has 132 valence electrons. The Morgan fingerprint density at radius 2 is 1.84 bits per heavy atom. The zero-order valence-corrected chi connectivity index (χ0v) is 13.6. The van der Waals surface area contributed by atoms with E-state index in [2.05, 4.69) is 4.98 Å².